The molecule has 0 bridgehead atoms. The molecule has 1 atom stereocenters. The van der Waals surface area contributed by atoms with Crippen molar-refractivity contribution >= 4 is 17.6 Å². The Morgan fingerprint density at radius 3 is 2.26 bits per heavy atom. The van der Waals surface area contributed by atoms with E-state index >= 15 is 0 Å². The van der Waals surface area contributed by atoms with E-state index in [9.17, 15) is 9.90 Å². The van der Waals surface area contributed by atoms with Crippen LogP contribution in [0.2, 0.25) is 5.02 Å². The van der Waals surface area contributed by atoms with Gasteiger partial charge < -0.3 is 10.0 Å². The van der Waals surface area contributed by atoms with Crippen molar-refractivity contribution in [1.82, 2.24) is 4.90 Å². The minimum atomic E-state index is -0.886. The van der Waals surface area contributed by atoms with Gasteiger partial charge in [-0.05, 0) is 65.3 Å². The molecule has 0 fully saturated rings. The third kappa shape index (κ3) is 5.40. The number of aliphatic carboxylic acids is 1. The summed E-state index contributed by atoms with van der Waals surface area (Å²) in [5.41, 5.74) is 2.97. The van der Waals surface area contributed by atoms with Gasteiger partial charge in [0.2, 0.25) is 0 Å². The number of carboxylic acids is 1. The molecule has 4 heteroatoms. The molecule has 0 amide bonds. The Bertz CT molecular complexity index is 830. The molecule has 0 spiro atoms. The molecule has 0 saturated carbocycles. The van der Waals surface area contributed by atoms with E-state index in [0.29, 0.717) is 17.0 Å². The minimum absolute atomic E-state index is 0.0118. The summed E-state index contributed by atoms with van der Waals surface area (Å²) in [6.45, 7) is 12.4. The second kappa shape index (κ2) is 8.23. The topological polar surface area (TPSA) is 40.5 Å². The first-order chi connectivity index (χ1) is 12.5. The third-order valence-corrected chi connectivity index (χ3v) is 4.70. The van der Waals surface area contributed by atoms with Crippen molar-refractivity contribution in [3.63, 3.8) is 0 Å². The van der Waals surface area contributed by atoms with E-state index in [1.165, 1.54) is 0 Å². The Labute approximate surface area is 167 Å². The highest BCUT2D eigenvalue weighted by Crippen LogP contribution is 2.35. The van der Waals surface area contributed by atoms with Gasteiger partial charge in [-0.15, -0.1) is 0 Å². The fourth-order valence-corrected chi connectivity index (χ4v) is 3.31. The third-order valence-electron chi connectivity index (χ3n) is 4.45. The van der Waals surface area contributed by atoms with Crippen LogP contribution in [0.1, 0.15) is 59.6 Å². The molecule has 2 rings (SSSR count). The molecule has 1 aromatic carbocycles. The van der Waals surface area contributed by atoms with E-state index in [2.05, 4.69) is 37.5 Å². The highest BCUT2D eigenvalue weighted by atomic mass is 35.5. The predicted molar refractivity (Wildman–Crippen MR) is 111 cm³/mol. The minimum Gasteiger partial charge on any atom is -0.478 e. The van der Waals surface area contributed by atoms with Gasteiger partial charge in [0.05, 0.1) is 11.6 Å². The van der Waals surface area contributed by atoms with E-state index < -0.39 is 5.97 Å². The molecule has 1 aliphatic rings. The van der Waals surface area contributed by atoms with Crippen LogP contribution in [0.25, 0.3) is 0 Å². The molecule has 0 saturated heterocycles. The van der Waals surface area contributed by atoms with Gasteiger partial charge in [0.25, 0.3) is 0 Å². The van der Waals surface area contributed by atoms with Crippen molar-refractivity contribution in [1.29, 1.82) is 0 Å². The van der Waals surface area contributed by atoms with Crippen molar-refractivity contribution in [2.75, 3.05) is 0 Å². The van der Waals surface area contributed by atoms with Crippen LogP contribution >= 0.6 is 11.6 Å². The summed E-state index contributed by atoms with van der Waals surface area (Å²) in [5.74, 6) is 5.50. The summed E-state index contributed by atoms with van der Waals surface area (Å²) in [6.07, 6.45) is 2.30. The largest absolute Gasteiger partial charge is 0.478 e. The van der Waals surface area contributed by atoms with Gasteiger partial charge in [-0.1, -0.05) is 35.6 Å². The van der Waals surface area contributed by atoms with Crippen molar-refractivity contribution in [2.45, 2.75) is 60.0 Å². The summed E-state index contributed by atoms with van der Waals surface area (Å²) in [6, 6.07) is 7.85. The van der Waals surface area contributed by atoms with Gasteiger partial charge >= 0.3 is 5.97 Å². The maximum Gasteiger partial charge on any atom is 0.334 e. The van der Waals surface area contributed by atoms with Gasteiger partial charge in [0.1, 0.15) is 0 Å². The molecule has 0 heterocycles. The second-order valence-corrected chi connectivity index (χ2v) is 8.68. The maximum absolute atomic E-state index is 11.9. The van der Waals surface area contributed by atoms with Gasteiger partial charge in [-0.25, -0.2) is 4.79 Å². The quantitative estimate of drug-likeness (QED) is 0.648. The predicted octanol–water partition coefficient (Wildman–Crippen LogP) is 5.83. The average molecular weight is 386 g/mol. The van der Waals surface area contributed by atoms with Gasteiger partial charge in [0, 0.05) is 34.2 Å². The number of carbonyl (C=O) groups is 1. The Morgan fingerprint density at radius 2 is 1.78 bits per heavy atom. The lowest BCUT2D eigenvalue weighted by molar-refractivity contribution is -0.132. The number of hydrogen-bond donors (Lipinski definition) is 1. The standard InChI is InChI=1S/C23H28ClNO2/c1-15(2)25(16(3)18-7-9-19(24)10-8-18)21-14-17(11-12-23(4,5)6)13-20(21)22(26)27/h7-10,14-16H,13H2,1-6H3,(H,26,27). The zero-order valence-electron chi connectivity index (χ0n) is 16.9. The maximum atomic E-state index is 11.9. The molecule has 0 aromatic heterocycles. The zero-order valence-corrected chi connectivity index (χ0v) is 17.7. The smallest absolute Gasteiger partial charge is 0.334 e. The van der Waals surface area contributed by atoms with E-state index in [1.54, 1.807) is 0 Å². The van der Waals surface area contributed by atoms with Crippen LogP contribution in [0, 0.1) is 17.3 Å². The van der Waals surface area contributed by atoms with Crippen LogP contribution in [0.15, 0.2) is 47.2 Å². The van der Waals surface area contributed by atoms with E-state index in [-0.39, 0.29) is 17.5 Å². The SMILES string of the molecule is CC(C)N(C1=C(C(=O)O)CC(C#CC(C)(C)C)=C1)C(C)c1ccc(Cl)cc1. The number of rotatable bonds is 5. The lowest BCUT2D eigenvalue weighted by Crippen LogP contribution is -2.33. The van der Waals surface area contributed by atoms with E-state index in [1.807, 2.05) is 51.1 Å². The summed E-state index contributed by atoms with van der Waals surface area (Å²) in [7, 11) is 0. The number of hydrogen-bond acceptors (Lipinski definition) is 2. The fourth-order valence-electron chi connectivity index (χ4n) is 3.18. The lowest BCUT2D eigenvalue weighted by atomic mass is 9.97. The summed E-state index contributed by atoms with van der Waals surface area (Å²) >= 11 is 6.02. The molecular formula is C23H28ClNO2. The van der Waals surface area contributed by atoms with Crippen LogP contribution < -0.4 is 0 Å². The number of nitrogens with zero attached hydrogens (tertiary/aromatic N) is 1. The molecule has 3 nitrogen and oxygen atoms in total. The van der Waals surface area contributed by atoms with Gasteiger partial charge in [-0.2, -0.15) is 0 Å². The number of carboxylic acid groups (broad SMARTS) is 1. The first-order valence-corrected chi connectivity index (χ1v) is 9.61. The molecule has 144 valence electrons. The number of halogens is 1. The van der Waals surface area contributed by atoms with Crippen LogP contribution in [0.5, 0.6) is 0 Å². The Kier molecular flexibility index (Phi) is 6.44. The molecule has 1 aromatic rings. The van der Waals surface area contributed by atoms with Crippen LogP contribution in [0.4, 0.5) is 0 Å². The molecule has 27 heavy (non-hydrogen) atoms. The van der Waals surface area contributed by atoms with E-state index in [0.717, 1.165) is 16.8 Å². The van der Waals surface area contributed by atoms with E-state index in [4.69, 9.17) is 11.6 Å². The lowest BCUT2D eigenvalue weighted by Gasteiger charge is -2.36. The second-order valence-electron chi connectivity index (χ2n) is 8.24. The highest BCUT2D eigenvalue weighted by Gasteiger charge is 2.29. The Balaban J connectivity index is 2.46. The normalized spacial score (nSPS) is 15.3. The average Bonchev–Trinajstić information content (AvgIpc) is 2.97. The molecule has 1 unspecified atom stereocenters. The van der Waals surface area contributed by atoms with Crippen molar-refractivity contribution < 1.29 is 9.90 Å². The highest BCUT2D eigenvalue weighted by molar-refractivity contribution is 6.30. The number of benzene rings is 1. The van der Waals surface area contributed by atoms with Crippen LogP contribution in [-0.4, -0.2) is 22.0 Å². The monoisotopic (exact) mass is 385 g/mol. The van der Waals surface area contributed by atoms with Gasteiger partial charge in [0.15, 0.2) is 0 Å². The molecule has 1 N–H and O–H groups in total. The first kappa shape index (κ1) is 21.1. The van der Waals surface area contributed by atoms with Crippen molar-refractivity contribution in [2.24, 2.45) is 5.41 Å². The van der Waals surface area contributed by atoms with Crippen molar-refractivity contribution in [3.05, 3.63) is 57.8 Å². The molecule has 0 aliphatic heterocycles. The zero-order chi connectivity index (χ0) is 20.4. The first-order valence-electron chi connectivity index (χ1n) is 9.23. The Hall–Kier alpha value is -2.18. The molecular weight excluding hydrogens is 358 g/mol. The Morgan fingerprint density at radius 1 is 1.19 bits per heavy atom. The van der Waals surface area contributed by atoms with Crippen LogP contribution in [-0.2, 0) is 4.79 Å². The summed E-state index contributed by atoms with van der Waals surface area (Å²) in [5, 5.41) is 10.5. The molecule has 0 radical (unpaired) electrons. The van der Waals surface area contributed by atoms with Crippen LogP contribution in [0.3, 0.4) is 0 Å². The summed E-state index contributed by atoms with van der Waals surface area (Å²) < 4.78 is 0. The van der Waals surface area contributed by atoms with Gasteiger partial charge in [-0.3, -0.25) is 0 Å². The van der Waals surface area contributed by atoms with Crippen molar-refractivity contribution in [3.8, 4) is 11.8 Å². The molecule has 1 aliphatic carbocycles. The summed E-state index contributed by atoms with van der Waals surface area (Å²) in [4.78, 5) is 14.1. The number of allylic oxidation sites excluding steroid dienone is 2. The fraction of sp³-hybridized carbons (Fsp3) is 0.435.